The molecule has 1 aromatic carbocycles. The molecule has 1 heterocycles. The first-order valence-electron chi connectivity index (χ1n) is 5.59. The molecule has 0 aliphatic rings. The van der Waals surface area contributed by atoms with E-state index in [1.807, 2.05) is 31.2 Å². The molecule has 100 valence electrons. The van der Waals surface area contributed by atoms with Crippen LogP contribution in [-0.4, -0.2) is 22.1 Å². The van der Waals surface area contributed by atoms with E-state index in [4.69, 9.17) is 23.2 Å². The van der Waals surface area contributed by atoms with Gasteiger partial charge in [-0.1, -0.05) is 35.1 Å². The lowest BCUT2D eigenvalue weighted by Crippen LogP contribution is -2.34. The highest BCUT2D eigenvalue weighted by Gasteiger charge is 2.14. The number of halogens is 2. The minimum absolute atomic E-state index is 0.0173. The van der Waals surface area contributed by atoms with E-state index in [-0.39, 0.29) is 21.4 Å². The van der Waals surface area contributed by atoms with Gasteiger partial charge in [-0.15, -0.1) is 10.2 Å². The summed E-state index contributed by atoms with van der Waals surface area (Å²) in [4.78, 5) is 11.8. The molecule has 4 nitrogen and oxygen atoms in total. The Morgan fingerprint density at radius 3 is 2.58 bits per heavy atom. The van der Waals surface area contributed by atoms with Gasteiger partial charge in [-0.2, -0.15) is 0 Å². The molecule has 0 radical (unpaired) electrons. The van der Waals surface area contributed by atoms with Crippen molar-refractivity contribution < 1.29 is 4.79 Å². The summed E-state index contributed by atoms with van der Waals surface area (Å²) in [7, 11) is 0. The van der Waals surface area contributed by atoms with Crippen molar-refractivity contribution in [2.75, 3.05) is 0 Å². The van der Waals surface area contributed by atoms with Gasteiger partial charge in [0.15, 0.2) is 0 Å². The summed E-state index contributed by atoms with van der Waals surface area (Å²) in [5, 5.41) is 11.1. The smallest absolute Gasteiger partial charge is 0.282 e. The highest BCUT2D eigenvalue weighted by atomic mass is 35.5. The maximum Gasteiger partial charge on any atom is 0.282 e. The molecule has 1 aromatic heterocycles. The lowest BCUT2D eigenvalue weighted by molar-refractivity contribution is 0.0939. The largest absolute Gasteiger partial charge is 0.347 e. The van der Waals surface area contributed by atoms with E-state index in [9.17, 15) is 4.79 Å². The fourth-order valence-electron chi connectivity index (χ4n) is 1.61. The first-order valence-corrected chi connectivity index (χ1v) is 7.16. The van der Waals surface area contributed by atoms with Crippen molar-refractivity contribution in [2.24, 2.45) is 0 Å². The van der Waals surface area contributed by atoms with Gasteiger partial charge in [0.25, 0.3) is 5.91 Å². The van der Waals surface area contributed by atoms with Gasteiger partial charge in [-0.05, 0) is 42.6 Å². The van der Waals surface area contributed by atoms with Crippen molar-refractivity contribution in [2.45, 2.75) is 19.4 Å². The first kappa shape index (κ1) is 14.2. The van der Waals surface area contributed by atoms with Crippen LogP contribution in [0.2, 0.25) is 9.49 Å². The van der Waals surface area contributed by atoms with Crippen molar-refractivity contribution in [1.29, 1.82) is 0 Å². The summed E-state index contributed by atoms with van der Waals surface area (Å²) in [6.45, 7) is 1.93. The van der Waals surface area contributed by atoms with Crippen LogP contribution in [0, 0.1) is 0 Å². The number of aromatic nitrogens is 2. The van der Waals surface area contributed by atoms with Crippen LogP contribution < -0.4 is 5.32 Å². The maximum absolute atomic E-state index is 11.8. The van der Waals surface area contributed by atoms with Gasteiger partial charge in [0.2, 0.25) is 9.47 Å². The highest BCUT2D eigenvalue weighted by Crippen LogP contribution is 2.15. The number of rotatable bonds is 4. The molecule has 1 N–H and O–H groups in total. The topological polar surface area (TPSA) is 54.9 Å². The highest BCUT2D eigenvalue weighted by molar-refractivity contribution is 7.17. The summed E-state index contributed by atoms with van der Waals surface area (Å²) in [5.41, 5.74) is 1.10. The zero-order chi connectivity index (χ0) is 13.8. The molecule has 0 aliphatic heterocycles. The molecule has 0 saturated heterocycles. The molecule has 2 aromatic rings. The molecule has 1 atom stereocenters. The number of benzene rings is 1. The lowest BCUT2D eigenvalue weighted by atomic mass is 10.1. The second kappa shape index (κ2) is 6.32. The summed E-state index contributed by atoms with van der Waals surface area (Å²) >= 11 is 12.5. The molecule has 2 rings (SSSR count). The standard InChI is InChI=1S/C12H11Cl2N3OS/c1-7(6-8-2-4-9(13)5-3-8)15-10(18)11-16-17-12(14)19-11/h2-5,7H,6H2,1H3,(H,15,18). The quantitative estimate of drug-likeness (QED) is 0.942. The second-order valence-corrected chi connectivity index (χ2v) is 6.06. The van der Waals surface area contributed by atoms with E-state index in [0.29, 0.717) is 5.02 Å². The van der Waals surface area contributed by atoms with Gasteiger partial charge in [-0.3, -0.25) is 4.79 Å². The number of hydrogen-bond acceptors (Lipinski definition) is 4. The van der Waals surface area contributed by atoms with Crippen LogP contribution >= 0.6 is 34.5 Å². The number of carbonyl (C=O) groups excluding carboxylic acids is 1. The zero-order valence-corrected chi connectivity index (χ0v) is 12.4. The van der Waals surface area contributed by atoms with Crippen molar-refractivity contribution >= 4 is 40.4 Å². The Labute approximate surface area is 124 Å². The molecule has 0 spiro atoms. The number of hydrogen-bond donors (Lipinski definition) is 1. The minimum atomic E-state index is -0.258. The second-order valence-electron chi connectivity index (χ2n) is 4.07. The van der Waals surface area contributed by atoms with Gasteiger partial charge in [0, 0.05) is 11.1 Å². The van der Waals surface area contributed by atoms with Gasteiger partial charge in [0.1, 0.15) is 0 Å². The molecular formula is C12H11Cl2N3OS. The fraction of sp³-hybridized carbons (Fsp3) is 0.250. The minimum Gasteiger partial charge on any atom is -0.347 e. The average molecular weight is 316 g/mol. The third-order valence-corrected chi connectivity index (χ3v) is 3.70. The Hall–Kier alpha value is -1.17. The molecule has 1 unspecified atom stereocenters. The Bertz CT molecular complexity index is 571. The van der Waals surface area contributed by atoms with Crippen LogP contribution in [-0.2, 0) is 6.42 Å². The third-order valence-electron chi connectivity index (χ3n) is 2.43. The molecule has 7 heteroatoms. The van der Waals surface area contributed by atoms with E-state index in [2.05, 4.69) is 15.5 Å². The summed E-state index contributed by atoms with van der Waals surface area (Å²) in [6.07, 6.45) is 0.718. The normalized spacial score (nSPS) is 12.2. The SMILES string of the molecule is CC(Cc1ccc(Cl)cc1)NC(=O)c1nnc(Cl)s1. The van der Waals surface area contributed by atoms with Crippen molar-refractivity contribution in [3.05, 3.63) is 44.3 Å². The fourth-order valence-corrected chi connectivity index (χ4v) is 2.47. The van der Waals surface area contributed by atoms with E-state index in [1.54, 1.807) is 0 Å². The van der Waals surface area contributed by atoms with Crippen LogP contribution in [0.25, 0.3) is 0 Å². The van der Waals surface area contributed by atoms with E-state index < -0.39 is 0 Å². The predicted molar refractivity (Wildman–Crippen MR) is 77.0 cm³/mol. The summed E-state index contributed by atoms with van der Waals surface area (Å²) < 4.78 is 0.260. The molecule has 1 amide bonds. The zero-order valence-electron chi connectivity index (χ0n) is 10.1. The lowest BCUT2D eigenvalue weighted by Gasteiger charge is -2.12. The summed E-state index contributed by atoms with van der Waals surface area (Å²) in [6, 6.07) is 7.52. The Morgan fingerprint density at radius 2 is 2.00 bits per heavy atom. The molecular weight excluding hydrogens is 305 g/mol. The molecule has 0 aliphatic carbocycles. The molecule has 0 saturated carbocycles. The number of nitrogens with one attached hydrogen (secondary N) is 1. The van der Waals surface area contributed by atoms with E-state index in [1.165, 1.54) is 0 Å². The van der Waals surface area contributed by atoms with Crippen LogP contribution in [0.4, 0.5) is 0 Å². The van der Waals surface area contributed by atoms with Gasteiger partial charge in [-0.25, -0.2) is 0 Å². The van der Waals surface area contributed by atoms with Crippen molar-refractivity contribution in [3.63, 3.8) is 0 Å². The van der Waals surface area contributed by atoms with Gasteiger partial charge in [0.05, 0.1) is 0 Å². The number of nitrogens with zero attached hydrogens (tertiary/aromatic N) is 2. The monoisotopic (exact) mass is 315 g/mol. The Morgan fingerprint density at radius 1 is 1.32 bits per heavy atom. The maximum atomic E-state index is 11.8. The van der Waals surface area contributed by atoms with Gasteiger partial charge < -0.3 is 5.32 Å². The average Bonchev–Trinajstić information content (AvgIpc) is 2.79. The number of amides is 1. The van der Waals surface area contributed by atoms with Gasteiger partial charge >= 0.3 is 0 Å². The van der Waals surface area contributed by atoms with Crippen molar-refractivity contribution in [3.8, 4) is 0 Å². The number of carbonyl (C=O) groups is 1. The predicted octanol–water partition coefficient (Wildman–Crippen LogP) is 3.21. The van der Waals surface area contributed by atoms with E-state index in [0.717, 1.165) is 23.3 Å². The van der Waals surface area contributed by atoms with E-state index >= 15 is 0 Å². The van der Waals surface area contributed by atoms with Crippen LogP contribution in [0.3, 0.4) is 0 Å². The van der Waals surface area contributed by atoms with Crippen LogP contribution in [0.15, 0.2) is 24.3 Å². The molecule has 0 bridgehead atoms. The Balaban J connectivity index is 1.92. The molecule has 0 fully saturated rings. The van der Waals surface area contributed by atoms with Crippen LogP contribution in [0.1, 0.15) is 22.3 Å². The Kier molecular flexibility index (Phi) is 4.74. The van der Waals surface area contributed by atoms with Crippen LogP contribution in [0.5, 0.6) is 0 Å². The molecule has 19 heavy (non-hydrogen) atoms. The first-order chi connectivity index (χ1) is 9.04. The summed E-state index contributed by atoms with van der Waals surface area (Å²) in [5.74, 6) is -0.258. The third kappa shape index (κ3) is 4.16. The van der Waals surface area contributed by atoms with Crippen molar-refractivity contribution in [1.82, 2.24) is 15.5 Å².